The number of anilines is 1. The Labute approximate surface area is 105 Å². The monoisotopic (exact) mass is 245 g/mol. The maximum Gasteiger partial charge on any atom is 0.242 e. The molecule has 0 radical (unpaired) electrons. The summed E-state index contributed by atoms with van der Waals surface area (Å²) >= 11 is 0. The molecule has 0 saturated carbocycles. The highest BCUT2D eigenvalue weighted by Crippen LogP contribution is 2.08. The average molecular weight is 245 g/mol. The normalized spacial score (nSPS) is 12.1. The molecule has 0 aliphatic rings. The Balaban J connectivity index is 1.93. The van der Waals surface area contributed by atoms with Crippen molar-refractivity contribution in [3.63, 3.8) is 0 Å². The predicted octanol–water partition coefficient (Wildman–Crippen LogP) is 1.49. The Hall–Kier alpha value is -2.14. The minimum absolute atomic E-state index is 0.271. The molecule has 1 atom stereocenters. The fraction of sp³-hybridized carbons (Fsp3) is 0.231. The Bertz CT molecular complexity index is 522. The third-order valence-corrected chi connectivity index (χ3v) is 2.51. The van der Waals surface area contributed by atoms with Gasteiger partial charge in [-0.15, -0.1) is 0 Å². The number of carbonyl (C=O) groups excluding carboxylic acids is 1. The molecule has 0 saturated heterocycles. The topological polar surface area (TPSA) is 81.2 Å². The van der Waals surface area contributed by atoms with Gasteiger partial charge in [0.15, 0.2) is 5.82 Å². The van der Waals surface area contributed by atoms with Crippen molar-refractivity contribution >= 4 is 11.7 Å². The van der Waals surface area contributed by atoms with Gasteiger partial charge in [0.1, 0.15) is 5.76 Å². The summed E-state index contributed by atoms with van der Waals surface area (Å²) in [5, 5.41) is 6.30. The van der Waals surface area contributed by atoms with E-state index in [0.717, 1.165) is 5.56 Å². The molecular weight excluding hydrogens is 230 g/mol. The van der Waals surface area contributed by atoms with E-state index in [-0.39, 0.29) is 5.91 Å². The number of amides is 1. The first kappa shape index (κ1) is 12.3. The highest BCUT2D eigenvalue weighted by atomic mass is 16.5. The summed E-state index contributed by atoms with van der Waals surface area (Å²) in [6.07, 6.45) is 0.490. The number of nitrogens with two attached hydrogens (primary N) is 1. The fourth-order valence-corrected chi connectivity index (χ4v) is 1.60. The van der Waals surface area contributed by atoms with Gasteiger partial charge < -0.3 is 15.6 Å². The molecule has 2 rings (SSSR count). The zero-order valence-corrected chi connectivity index (χ0v) is 10.1. The SMILES string of the molecule is Cc1cc(NC(=O)[C@H](N)Cc2ccccc2)no1. The minimum atomic E-state index is -0.607. The maximum atomic E-state index is 11.8. The molecule has 0 aliphatic heterocycles. The first-order chi connectivity index (χ1) is 8.65. The zero-order chi connectivity index (χ0) is 13.0. The van der Waals surface area contributed by atoms with Crippen molar-refractivity contribution in [1.29, 1.82) is 0 Å². The van der Waals surface area contributed by atoms with Crippen LogP contribution in [0.15, 0.2) is 40.9 Å². The van der Waals surface area contributed by atoms with Crippen molar-refractivity contribution in [2.24, 2.45) is 5.73 Å². The van der Waals surface area contributed by atoms with E-state index in [9.17, 15) is 4.79 Å². The third kappa shape index (κ3) is 3.18. The van der Waals surface area contributed by atoms with Crippen LogP contribution in [-0.4, -0.2) is 17.1 Å². The summed E-state index contributed by atoms with van der Waals surface area (Å²) in [5.74, 6) is 0.759. The van der Waals surface area contributed by atoms with E-state index in [0.29, 0.717) is 18.0 Å². The van der Waals surface area contributed by atoms with Crippen LogP contribution < -0.4 is 11.1 Å². The lowest BCUT2D eigenvalue weighted by Crippen LogP contribution is -2.37. The number of benzene rings is 1. The number of aromatic nitrogens is 1. The van der Waals surface area contributed by atoms with Gasteiger partial charge in [0.05, 0.1) is 6.04 Å². The lowest BCUT2D eigenvalue weighted by Gasteiger charge is -2.10. The van der Waals surface area contributed by atoms with E-state index in [1.165, 1.54) is 0 Å². The van der Waals surface area contributed by atoms with Gasteiger partial charge in [-0.1, -0.05) is 35.5 Å². The maximum absolute atomic E-state index is 11.8. The van der Waals surface area contributed by atoms with Crippen LogP contribution >= 0.6 is 0 Å². The molecule has 5 heteroatoms. The smallest absolute Gasteiger partial charge is 0.242 e. The van der Waals surface area contributed by atoms with Gasteiger partial charge in [0.25, 0.3) is 0 Å². The standard InChI is InChI=1S/C13H15N3O2/c1-9-7-12(16-18-9)15-13(17)11(14)8-10-5-3-2-4-6-10/h2-7,11H,8,14H2,1H3,(H,15,16,17)/t11-/m1/s1. The molecule has 1 heterocycles. The molecule has 2 aromatic rings. The van der Waals surface area contributed by atoms with Crippen LogP contribution in [0.3, 0.4) is 0 Å². The number of carbonyl (C=O) groups is 1. The summed E-state index contributed by atoms with van der Waals surface area (Å²) in [6, 6.07) is 10.7. The van der Waals surface area contributed by atoms with Crippen LogP contribution in [0.5, 0.6) is 0 Å². The Kier molecular flexibility index (Phi) is 3.74. The summed E-state index contributed by atoms with van der Waals surface area (Å²) < 4.78 is 4.86. The minimum Gasteiger partial charge on any atom is -0.360 e. The van der Waals surface area contributed by atoms with Crippen molar-refractivity contribution in [1.82, 2.24) is 5.16 Å². The molecule has 0 bridgehead atoms. The molecule has 0 unspecified atom stereocenters. The van der Waals surface area contributed by atoms with Gasteiger partial charge in [-0.3, -0.25) is 4.79 Å². The molecule has 0 fully saturated rings. The molecule has 1 amide bonds. The second kappa shape index (κ2) is 5.46. The van der Waals surface area contributed by atoms with Crippen LogP contribution in [0, 0.1) is 6.92 Å². The van der Waals surface area contributed by atoms with E-state index in [1.807, 2.05) is 30.3 Å². The van der Waals surface area contributed by atoms with E-state index in [2.05, 4.69) is 10.5 Å². The van der Waals surface area contributed by atoms with E-state index >= 15 is 0 Å². The van der Waals surface area contributed by atoms with Crippen LogP contribution in [0.25, 0.3) is 0 Å². The van der Waals surface area contributed by atoms with Gasteiger partial charge in [0, 0.05) is 6.07 Å². The number of aryl methyl sites for hydroxylation is 1. The van der Waals surface area contributed by atoms with Crippen molar-refractivity contribution in [3.05, 3.63) is 47.7 Å². The van der Waals surface area contributed by atoms with Gasteiger partial charge in [-0.25, -0.2) is 0 Å². The molecule has 5 nitrogen and oxygen atoms in total. The molecule has 1 aromatic heterocycles. The molecule has 1 aromatic carbocycles. The molecule has 0 spiro atoms. The molecule has 0 aliphatic carbocycles. The highest BCUT2D eigenvalue weighted by molar-refractivity contribution is 5.94. The highest BCUT2D eigenvalue weighted by Gasteiger charge is 2.15. The largest absolute Gasteiger partial charge is 0.360 e. The summed E-state index contributed by atoms with van der Waals surface area (Å²) in [6.45, 7) is 1.76. The molecular formula is C13H15N3O2. The number of nitrogens with one attached hydrogen (secondary N) is 1. The molecule has 94 valence electrons. The van der Waals surface area contributed by atoms with Crippen LogP contribution in [0.1, 0.15) is 11.3 Å². The van der Waals surface area contributed by atoms with Gasteiger partial charge in [-0.05, 0) is 18.9 Å². The van der Waals surface area contributed by atoms with Crippen molar-refractivity contribution in [3.8, 4) is 0 Å². The number of nitrogens with zero attached hydrogens (tertiary/aromatic N) is 1. The first-order valence-corrected chi connectivity index (χ1v) is 5.69. The first-order valence-electron chi connectivity index (χ1n) is 5.69. The average Bonchev–Trinajstić information content (AvgIpc) is 2.76. The van der Waals surface area contributed by atoms with Gasteiger partial charge in [0.2, 0.25) is 5.91 Å². The van der Waals surface area contributed by atoms with Crippen molar-refractivity contribution < 1.29 is 9.32 Å². The Morgan fingerprint density at radius 3 is 2.78 bits per heavy atom. The number of rotatable bonds is 4. The Morgan fingerprint density at radius 2 is 2.17 bits per heavy atom. The van der Waals surface area contributed by atoms with Gasteiger partial charge >= 0.3 is 0 Å². The van der Waals surface area contributed by atoms with E-state index in [1.54, 1.807) is 13.0 Å². The zero-order valence-electron chi connectivity index (χ0n) is 10.1. The van der Waals surface area contributed by atoms with Crippen molar-refractivity contribution in [2.45, 2.75) is 19.4 Å². The summed E-state index contributed by atoms with van der Waals surface area (Å²) in [5.41, 5.74) is 6.86. The van der Waals surface area contributed by atoms with E-state index in [4.69, 9.17) is 10.3 Å². The van der Waals surface area contributed by atoms with E-state index < -0.39 is 6.04 Å². The second-order valence-electron chi connectivity index (χ2n) is 4.11. The lowest BCUT2D eigenvalue weighted by molar-refractivity contribution is -0.117. The summed E-state index contributed by atoms with van der Waals surface area (Å²) in [7, 11) is 0. The quantitative estimate of drug-likeness (QED) is 0.855. The van der Waals surface area contributed by atoms with Crippen molar-refractivity contribution in [2.75, 3.05) is 5.32 Å². The predicted molar refractivity (Wildman–Crippen MR) is 68.0 cm³/mol. The summed E-state index contributed by atoms with van der Waals surface area (Å²) in [4.78, 5) is 11.8. The van der Waals surface area contributed by atoms with Gasteiger partial charge in [-0.2, -0.15) is 0 Å². The van der Waals surface area contributed by atoms with Crippen LogP contribution in [-0.2, 0) is 11.2 Å². The lowest BCUT2D eigenvalue weighted by atomic mass is 10.1. The number of hydrogen-bond acceptors (Lipinski definition) is 4. The Morgan fingerprint density at radius 1 is 1.44 bits per heavy atom. The van der Waals surface area contributed by atoms with Crippen LogP contribution in [0.4, 0.5) is 5.82 Å². The number of hydrogen-bond donors (Lipinski definition) is 2. The third-order valence-electron chi connectivity index (χ3n) is 2.51. The molecule has 3 N–H and O–H groups in total. The fourth-order valence-electron chi connectivity index (χ4n) is 1.60. The second-order valence-corrected chi connectivity index (χ2v) is 4.11. The molecule has 18 heavy (non-hydrogen) atoms. The van der Waals surface area contributed by atoms with Crippen LogP contribution in [0.2, 0.25) is 0 Å².